The first-order valence-electron chi connectivity index (χ1n) is 7.36. The monoisotopic (exact) mass is 318 g/mol. The Bertz CT molecular complexity index is 608. The predicted molar refractivity (Wildman–Crippen MR) is 85.9 cm³/mol. The largest absolute Gasteiger partial charge is 0.347 e. The van der Waals surface area contributed by atoms with E-state index in [-0.39, 0.29) is 23.6 Å². The summed E-state index contributed by atoms with van der Waals surface area (Å²) >= 11 is 0. The number of amides is 1. The average molecular weight is 318 g/mol. The van der Waals surface area contributed by atoms with Crippen LogP contribution in [0.15, 0.2) is 48.5 Å². The molecular formula is C18H20F2N2O. The van der Waals surface area contributed by atoms with E-state index in [1.165, 1.54) is 29.2 Å². The maximum atomic E-state index is 13.2. The van der Waals surface area contributed by atoms with Gasteiger partial charge in [0.15, 0.2) is 0 Å². The quantitative estimate of drug-likeness (QED) is 0.919. The zero-order valence-electron chi connectivity index (χ0n) is 13.4. The van der Waals surface area contributed by atoms with Gasteiger partial charge in [0.05, 0.1) is 12.1 Å². The lowest BCUT2D eigenvalue weighted by atomic mass is 9.97. The van der Waals surface area contributed by atoms with E-state index in [0.29, 0.717) is 0 Å². The number of rotatable bonds is 5. The molecule has 1 amide bonds. The van der Waals surface area contributed by atoms with E-state index in [2.05, 4.69) is 5.32 Å². The summed E-state index contributed by atoms with van der Waals surface area (Å²) in [6, 6.07) is 11.3. The number of hydrogen-bond acceptors (Lipinski definition) is 2. The Morgan fingerprint density at radius 3 is 1.65 bits per heavy atom. The normalized spacial score (nSPS) is 12.3. The molecule has 0 fully saturated rings. The second kappa shape index (κ2) is 7.33. The number of nitrogens with one attached hydrogen (secondary N) is 1. The number of hydrogen-bond donors (Lipinski definition) is 1. The number of halogens is 2. The Hall–Kier alpha value is -2.27. The van der Waals surface area contributed by atoms with E-state index in [4.69, 9.17) is 0 Å². The van der Waals surface area contributed by atoms with E-state index in [1.807, 2.05) is 0 Å². The minimum absolute atomic E-state index is 0.0702. The van der Waals surface area contributed by atoms with Gasteiger partial charge in [0.1, 0.15) is 11.6 Å². The summed E-state index contributed by atoms with van der Waals surface area (Å²) in [5, 5.41) is 3.23. The highest BCUT2D eigenvalue weighted by Crippen LogP contribution is 2.23. The summed E-state index contributed by atoms with van der Waals surface area (Å²) < 4.78 is 26.3. The summed E-state index contributed by atoms with van der Waals surface area (Å²) in [7, 11) is 3.37. The van der Waals surface area contributed by atoms with Crippen molar-refractivity contribution in [3.05, 3.63) is 71.3 Å². The first kappa shape index (κ1) is 17.1. The van der Waals surface area contributed by atoms with E-state index in [1.54, 1.807) is 45.3 Å². The van der Waals surface area contributed by atoms with Crippen molar-refractivity contribution in [2.24, 2.45) is 0 Å². The number of carbonyl (C=O) groups is 1. The van der Waals surface area contributed by atoms with Crippen LogP contribution < -0.4 is 5.32 Å². The molecular weight excluding hydrogens is 298 g/mol. The number of carbonyl (C=O) groups excluding carboxylic acids is 1. The molecule has 1 N–H and O–H groups in total. The summed E-state index contributed by atoms with van der Waals surface area (Å²) in [4.78, 5) is 13.6. The molecule has 0 aliphatic carbocycles. The molecule has 0 aliphatic heterocycles. The molecule has 1 atom stereocenters. The van der Waals surface area contributed by atoms with Crippen molar-refractivity contribution in [3.63, 3.8) is 0 Å². The maximum Gasteiger partial charge on any atom is 0.238 e. The van der Waals surface area contributed by atoms with Crippen LogP contribution in [0.3, 0.4) is 0 Å². The molecule has 1 unspecified atom stereocenters. The molecule has 0 aromatic heterocycles. The summed E-state index contributed by atoms with van der Waals surface area (Å²) in [6.07, 6.45) is 0. The van der Waals surface area contributed by atoms with Crippen molar-refractivity contribution in [2.75, 3.05) is 14.1 Å². The standard InChI is InChI=1S/C18H20F2N2O/c1-12(18(23)22(2)3)21-17(13-4-8-15(19)9-5-13)14-6-10-16(20)11-7-14/h4-12,17,21H,1-3H3. The highest BCUT2D eigenvalue weighted by atomic mass is 19.1. The fourth-order valence-electron chi connectivity index (χ4n) is 2.40. The summed E-state index contributed by atoms with van der Waals surface area (Å²) in [5.41, 5.74) is 1.60. The molecule has 0 saturated carbocycles. The van der Waals surface area contributed by atoms with Crippen LogP contribution in [0.4, 0.5) is 8.78 Å². The molecule has 3 nitrogen and oxygen atoms in total. The van der Waals surface area contributed by atoms with Crippen molar-refractivity contribution in [1.29, 1.82) is 0 Å². The first-order valence-corrected chi connectivity index (χ1v) is 7.36. The highest BCUT2D eigenvalue weighted by Gasteiger charge is 2.21. The Morgan fingerprint density at radius 2 is 1.30 bits per heavy atom. The van der Waals surface area contributed by atoms with Crippen LogP contribution in [-0.2, 0) is 4.79 Å². The molecule has 0 bridgehead atoms. The summed E-state index contributed by atoms with van der Waals surface area (Å²) in [6.45, 7) is 1.77. The van der Waals surface area contributed by atoms with Crippen LogP contribution in [0.1, 0.15) is 24.1 Å². The lowest BCUT2D eigenvalue weighted by molar-refractivity contribution is -0.130. The van der Waals surface area contributed by atoms with Gasteiger partial charge in [-0.1, -0.05) is 24.3 Å². The molecule has 2 rings (SSSR count). The third-order valence-electron chi connectivity index (χ3n) is 3.63. The third-order valence-corrected chi connectivity index (χ3v) is 3.63. The molecule has 2 aromatic carbocycles. The van der Waals surface area contributed by atoms with Gasteiger partial charge >= 0.3 is 0 Å². The molecule has 0 saturated heterocycles. The van der Waals surface area contributed by atoms with Crippen LogP contribution in [0.5, 0.6) is 0 Å². The van der Waals surface area contributed by atoms with Gasteiger partial charge in [0.25, 0.3) is 0 Å². The van der Waals surface area contributed by atoms with Crippen LogP contribution in [0, 0.1) is 11.6 Å². The number of nitrogens with zero attached hydrogens (tertiary/aromatic N) is 1. The van der Waals surface area contributed by atoms with Crippen LogP contribution in [0.2, 0.25) is 0 Å². The minimum atomic E-state index is -0.440. The van der Waals surface area contributed by atoms with Crippen molar-refractivity contribution in [3.8, 4) is 0 Å². The van der Waals surface area contributed by atoms with Gasteiger partial charge in [0.2, 0.25) is 5.91 Å². The molecule has 23 heavy (non-hydrogen) atoms. The van der Waals surface area contributed by atoms with Gasteiger partial charge in [-0.05, 0) is 42.3 Å². The molecule has 0 heterocycles. The van der Waals surface area contributed by atoms with Gasteiger partial charge in [-0.3, -0.25) is 10.1 Å². The zero-order valence-corrected chi connectivity index (χ0v) is 13.4. The molecule has 0 aliphatic rings. The lowest BCUT2D eigenvalue weighted by Gasteiger charge is -2.25. The van der Waals surface area contributed by atoms with Crippen LogP contribution in [-0.4, -0.2) is 30.9 Å². The fraction of sp³-hybridized carbons (Fsp3) is 0.278. The van der Waals surface area contributed by atoms with Gasteiger partial charge in [-0.2, -0.15) is 0 Å². The number of benzene rings is 2. The average Bonchev–Trinajstić information content (AvgIpc) is 2.53. The predicted octanol–water partition coefficient (Wildman–Crippen LogP) is 3.12. The van der Waals surface area contributed by atoms with Crippen molar-refractivity contribution in [1.82, 2.24) is 10.2 Å². The van der Waals surface area contributed by atoms with E-state index >= 15 is 0 Å². The Balaban J connectivity index is 2.33. The Kier molecular flexibility index (Phi) is 5.45. The van der Waals surface area contributed by atoms with E-state index < -0.39 is 6.04 Å². The van der Waals surface area contributed by atoms with Gasteiger partial charge in [-0.15, -0.1) is 0 Å². The molecule has 122 valence electrons. The lowest BCUT2D eigenvalue weighted by Crippen LogP contribution is -2.43. The Morgan fingerprint density at radius 1 is 0.913 bits per heavy atom. The first-order chi connectivity index (χ1) is 10.9. The van der Waals surface area contributed by atoms with Gasteiger partial charge in [0, 0.05) is 14.1 Å². The van der Waals surface area contributed by atoms with Crippen molar-refractivity contribution < 1.29 is 13.6 Å². The topological polar surface area (TPSA) is 32.3 Å². The van der Waals surface area contributed by atoms with E-state index in [0.717, 1.165) is 11.1 Å². The second-order valence-electron chi connectivity index (χ2n) is 5.66. The SMILES string of the molecule is CC(NC(c1ccc(F)cc1)c1ccc(F)cc1)C(=O)N(C)C. The van der Waals surface area contributed by atoms with Crippen molar-refractivity contribution in [2.45, 2.75) is 19.0 Å². The Labute approximate surface area is 134 Å². The molecule has 0 radical (unpaired) electrons. The minimum Gasteiger partial charge on any atom is -0.347 e. The van der Waals surface area contributed by atoms with E-state index in [9.17, 15) is 13.6 Å². The highest BCUT2D eigenvalue weighted by molar-refractivity contribution is 5.81. The smallest absolute Gasteiger partial charge is 0.238 e. The molecule has 2 aromatic rings. The molecule has 5 heteroatoms. The zero-order chi connectivity index (χ0) is 17.0. The maximum absolute atomic E-state index is 13.2. The van der Waals surface area contributed by atoms with Crippen molar-refractivity contribution >= 4 is 5.91 Å². The van der Waals surface area contributed by atoms with Gasteiger partial charge < -0.3 is 4.90 Å². The third kappa shape index (κ3) is 4.36. The molecule has 0 spiro atoms. The van der Waals surface area contributed by atoms with Crippen LogP contribution >= 0.6 is 0 Å². The number of likely N-dealkylation sites (N-methyl/N-ethyl adjacent to an activating group) is 1. The van der Waals surface area contributed by atoms with Crippen LogP contribution in [0.25, 0.3) is 0 Å². The van der Waals surface area contributed by atoms with Gasteiger partial charge in [-0.25, -0.2) is 8.78 Å². The second-order valence-corrected chi connectivity index (χ2v) is 5.66. The fourth-order valence-corrected chi connectivity index (χ4v) is 2.40. The summed E-state index contributed by atoms with van der Waals surface area (Å²) in [5.74, 6) is -0.729.